The summed E-state index contributed by atoms with van der Waals surface area (Å²) >= 11 is 0. The molecule has 2 aliphatic carbocycles. The molecule has 6 atom stereocenters. The van der Waals surface area contributed by atoms with Crippen LogP contribution in [-0.4, -0.2) is 160 Å². The van der Waals surface area contributed by atoms with Crippen LogP contribution in [0.2, 0.25) is 0 Å². The summed E-state index contributed by atoms with van der Waals surface area (Å²) in [6, 6.07) is 5.66. The maximum absolute atomic E-state index is 15.4. The molecule has 2 aliphatic heterocycles. The predicted molar refractivity (Wildman–Crippen MR) is 349 cm³/mol. The number of fused-ring (bicyclic) bond motifs is 5. The first-order valence-electron chi connectivity index (χ1n) is 33.1. The van der Waals surface area contributed by atoms with Gasteiger partial charge in [-0.15, -0.1) is 0 Å². The van der Waals surface area contributed by atoms with Crippen molar-refractivity contribution in [2.24, 2.45) is 17.6 Å². The highest BCUT2D eigenvalue weighted by Gasteiger charge is 2.46. The fourth-order valence-electron chi connectivity index (χ4n) is 12.2. The number of benzene rings is 2. The zero-order valence-electron chi connectivity index (χ0n) is 55.3. The Labute approximate surface area is 556 Å². The molecule has 0 spiro atoms. The number of pyridine rings is 2. The summed E-state index contributed by atoms with van der Waals surface area (Å²) in [7, 11) is 0. The summed E-state index contributed by atoms with van der Waals surface area (Å²) in [6.45, 7) is 10.6. The average molecular weight is 1340 g/mol. The number of esters is 1. The zero-order valence-corrected chi connectivity index (χ0v) is 55.3. The van der Waals surface area contributed by atoms with Crippen molar-refractivity contribution in [1.82, 2.24) is 41.5 Å². The number of nitrogens with zero attached hydrogens (tertiary/aromatic N) is 2. The van der Waals surface area contributed by atoms with Gasteiger partial charge in [-0.25, -0.2) is 23.8 Å². The van der Waals surface area contributed by atoms with Gasteiger partial charge in [0.1, 0.15) is 44.3 Å². The monoisotopic (exact) mass is 1340 g/mol. The molecule has 2 aromatic heterocycles. The van der Waals surface area contributed by atoms with Crippen molar-refractivity contribution in [3.05, 3.63) is 104 Å². The lowest BCUT2D eigenvalue weighted by Crippen LogP contribution is -2.54. The minimum Gasteiger partial charge on any atom is -0.458 e. The minimum atomic E-state index is -2.06. The van der Waals surface area contributed by atoms with Gasteiger partial charge in [-0.05, 0) is 105 Å². The Bertz CT molecular complexity index is 3530. The molecule has 0 radical (unpaired) electrons. The van der Waals surface area contributed by atoms with E-state index in [1.807, 2.05) is 0 Å². The molecule has 0 bridgehead atoms. The number of primary amides is 1. The van der Waals surface area contributed by atoms with Gasteiger partial charge in [0.15, 0.2) is 5.60 Å². The van der Waals surface area contributed by atoms with Crippen LogP contribution in [0, 0.1) is 24.6 Å². The van der Waals surface area contributed by atoms with E-state index >= 15 is 4.39 Å². The number of amides is 8. The largest absolute Gasteiger partial charge is 0.458 e. The molecule has 28 heteroatoms. The average Bonchev–Trinajstić information content (AvgIpc) is 1.47. The Morgan fingerprint density at radius 1 is 0.833 bits per heavy atom. The van der Waals surface area contributed by atoms with Gasteiger partial charge in [0.2, 0.25) is 29.5 Å². The SMILES string of the molecule is CC[C@@]1(O)C(=O)OCc2c1cc1n(c2=O)Cc2c-1nc1cc(F)c(C)c3c1c2[C@@H](NC(=O)CNC(=O)OCc1ccc(NC(=O)[C@H](CCCNC(N)=O)NC(=O)[C@@H](NC(=O)CCOCCOCCOCCOCCNC(=O)COC2CCCCC/C=C\C2C)C(C)C)cc1)CC3. The molecule has 2 aromatic carbocycles. The Kier molecular flexibility index (Phi) is 27.2. The lowest BCUT2D eigenvalue weighted by Gasteiger charge is -2.31. The number of hydrogen-bond donors (Lipinski definition) is 9. The van der Waals surface area contributed by atoms with Crippen LogP contribution in [-0.2, 0) is 93.7 Å². The van der Waals surface area contributed by atoms with E-state index in [-0.39, 0.29) is 113 Å². The van der Waals surface area contributed by atoms with Crippen molar-refractivity contribution in [3.63, 3.8) is 0 Å². The molecule has 0 fully saturated rings. The molecule has 10 N–H and O–H groups in total. The number of aryl methyl sites for hydroxylation is 1. The number of urea groups is 1. The lowest BCUT2D eigenvalue weighted by molar-refractivity contribution is -0.172. The van der Waals surface area contributed by atoms with E-state index in [0.717, 1.165) is 24.8 Å². The van der Waals surface area contributed by atoms with Gasteiger partial charge in [0.25, 0.3) is 5.56 Å². The summed E-state index contributed by atoms with van der Waals surface area (Å²) in [6.07, 6.45) is 9.97. The normalized spacial score (nSPS) is 18.8. The highest BCUT2D eigenvalue weighted by Crippen LogP contribution is 2.46. The number of alkyl carbamates (subject to hydrolysis) is 1. The van der Waals surface area contributed by atoms with Crippen LogP contribution in [0.3, 0.4) is 0 Å². The quantitative estimate of drug-likeness (QED) is 0.0153. The smallest absolute Gasteiger partial charge is 0.407 e. The van der Waals surface area contributed by atoms with E-state index in [1.165, 1.54) is 23.5 Å². The number of hydrogen-bond acceptors (Lipinski definition) is 18. The first-order valence-corrected chi connectivity index (χ1v) is 33.1. The van der Waals surface area contributed by atoms with Gasteiger partial charge < -0.3 is 85.8 Å². The van der Waals surface area contributed by atoms with Crippen molar-refractivity contribution in [3.8, 4) is 11.4 Å². The minimum absolute atomic E-state index is 0.0210. The standard InChI is InChI=1S/C68H91FN10O17/c1-6-68(89)48-33-53-61-46(36-79(53)64(85)47(48)38-95-65(68)86)59-50(21-20-45-42(5)49(69)34-52(76-61)58(45)59)75-56(81)35-73-67(88)96-37-43-16-18-44(19-17-43)74-62(83)51(14-12-23-72-66(70)87)77-63(84)60(40(2)3)78-55(80)22-25-90-27-29-92-31-32-93-30-28-91-26-24-71-57(82)39-94-54-15-11-9-7-8-10-13-41(54)4/h10,13,16-19,33-34,40-41,50-51,54,60,89H,6-9,11-12,14-15,20-32,35-39H2,1-5H3,(H,71,82)(H,73,88)(H,74,83)(H,75,81)(H,77,84)(H,78,80)(H3,70,72,87)/b13-10-/t41?,50-,51-,54?,60-,68-/m0/s1. The van der Waals surface area contributed by atoms with E-state index < -0.39 is 83.4 Å². The van der Waals surface area contributed by atoms with Crippen LogP contribution in [0.4, 0.5) is 19.7 Å². The molecule has 4 heterocycles. The first-order chi connectivity index (χ1) is 46.2. The van der Waals surface area contributed by atoms with E-state index in [1.54, 1.807) is 58.0 Å². The fraction of sp³-hybridized carbons (Fsp3) is 0.559. The molecule has 27 nitrogen and oxygen atoms in total. The Balaban J connectivity index is 0.729. The third-order valence-corrected chi connectivity index (χ3v) is 17.5. The number of rotatable bonds is 34. The molecular weight excluding hydrogens is 1250 g/mol. The van der Waals surface area contributed by atoms with Crippen molar-refractivity contribution >= 4 is 64.2 Å². The van der Waals surface area contributed by atoms with Gasteiger partial charge in [-0.3, -0.25) is 28.8 Å². The van der Waals surface area contributed by atoms with Crippen LogP contribution in [0.5, 0.6) is 0 Å². The maximum atomic E-state index is 15.4. The molecule has 96 heavy (non-hydrogen) atoms. The van der Waals surface area contributed by atoms with Crippen LogP contribution in [0.25, 0.3) is 22.3 Å². The van der Waals surface area contributed by atoms with Gasteiger partial charge in [-0.2, -0.15) is 0 Å². The summed E-state index contributed by atoms with van der Waals surface area (Å²) in [4.78, 5) is 122. The molecule has 0 saturated carbocycles. The Hall–Kier alpha value is -8.41. The fourth-order valence-corrected chi connectivity index (χ4v) is 12.2. The number of halogens is 1. The van der Waals surface area contributed by atoms with Gasteiger partial charge in [0, 0.05) is 53.7 Å². The van der Waals surface area contributed by atoms with Crippen molar-refractivity contribution in [1.29, 1.82) is 0 Å². The van der Waals surface area contributed by atoms with Crippen LogP contribution in [0.1, 0.15) is 137 Å². The molecule has 4 aliphatic rings. The molecule has 8 amide bonds. The highest BCUT2D eigenvalue weighted by atomic mass is 19.1. The Morgan fingerprint density at radius 3 is 2.26 bits per heavy atom. The second kappa shape index (κ2) is 35.5. The molecule has 0 saturated heterocycles. The second-order valence-electron chi connectivity index (χ2n) is 24.7. The van der Waals surface area contributed by atoms with Gasteiger partial charge in [-0.1, -0.05) is 64.8 Å². The number of allylic oxidation sites excluding steroid dienone is 1. The number of carbonyl (C=O) groups excluding carboxylic acids is 8. The van der Waals surface area contributed by atoms with Crippen LogP contribution < -0.4 is 48.5 Å². The van der Waals surface area contributed by atoms with E-state index in [9.17, 15) is 48.3 Å². The van der Waals surface area contributed by atoms with E-state index in [2.05, 4.69) is 56.3 Å². The number of carbonyl (C=O) groups is 8. The molecule has 522 valence electrons. The van der Waals surface area contributed by atoms with Crippen LogP contribution in [0.15, 0.2) is 53.3 Å². The van der Waals surface area contributed by atoms with E-state index in [0.29, 0.717) is 103 Å². The predicted octanol–water partition coefficient (Wildman–Crippen LogP) is 4.68. The van der Waals surface area contributed by atoms with Crippen LogP contribution >= 0.6 is 0 Å². The van der Waals surface area contributed by atoms with Gasteiger partial charge >= 0.3 is 18.1 Å². The number of nitrogens with one attached hydrogen (secondary N) is 7. The molecule has 8 rings (SSSR count). The molecule has 2 unspecified atom stereocenters. The summed E-state index contributed by atoms with van der Waals surface area (Å²) in [5.41, 5.74) is 7.22. The first kappa shape index (κ1) is 73.4. The summed E-state index contributed by atoms with van der Waals surface area (Å²) in [5.74, 6) is -3.84. The van der Waals surface area contributed by atoms with E-state index in [4.69, 9.17) is 43.9 Å². The number of anilines is 1. The third-order valence-electron chi connectivity index (χ3n) is 17.5. The molecular formula is C68H91FN10O17. The van der Waals surface area contributed by atoms with Crippen molar-refractivity contribution < 1.29 is 81.0 Å². The number of ether oxygens (including phenoxy) is 7. The second-order valence-corrected chi connectivity index (χ2v) is 24.7. The zero-order chi connectivity index (χ0) is 68.9. The number of nitrogens with two attached hydrogens (primary N) is 1. The molecule has 4 aromatic rings. The third kappa shape index (κ3) is 19.6. The van der Waals surface area contributed by atoms with Crippen molar-refractivity contribution in [2.75, 3.05) is 84.4 Å². The number of cyclic esters (lactones) is 1. The van der Waals surface area contributed by atoms with Crippen molar-refractivity contribution in [2.45, 2.75) is 155 Å². The topological polar surface area (TPSA) is 367 Å². The summed E-state index contributed by atoms with van der Waals surface area (Å²) in [5, 5.41) is 31.1. The highest BCUT2D eigenvalue weighted by molar-refractivity contribution is 5.99. The number of aromatic nitrogens is 2. The Morgan fingerprint density at radius 2 is 1.55 bits per heavy atom. The number of aliphatic hydroxyl groups is 1. The lowest BCUT2D eigenvalue weighted by atomic mass is 9.81. The maximum Gasteiger partial charge on any atom is 0.407 e. The van der Waals surface area contributed by atoms with Gasteiger partial charge in [0.05, 0.1) is 94.0 Å². The summed E-state index contributed by atoms with van der Waals surface area (Å²) < 4.78 is 55.7.